The summed E-state index contributed by atoms with van der Waals surface area (Å²) in [6, 6.07) is 6.32. The molecule has 0 saturated heterocycles. The Kier molecular flexibility index (Phi) is 2.96. The fourth-order valence-electron chi connectivity index (χ4n) is 1.91. The Hall–Kier alpha value is -0.700. The first-order valence-electron chi connectivity index (χ1n) is 5.10. The molecular weight excluding hydrogens is 240 g/mol. The van der Waals surface area contributed by atoms with Gasteiger partial charge in [0, 0.05) is 24.1 Å². The average molecular weight is 255 g/mol. The minimum absolute atomic E-state index is 1.05. The van der Waals surface area contributed by atoms with E-state index in [1.807, 2.05) is 0 Å². The number of nitrogens with zero attached hydrogens (tertiary/aromatic N) is 1. The Morgan fingerprint density at radius 1 is 1.50 bits per heavy atom. The van der Waals surface area contributed by atoms with Crippen LogP contribution in [-0.2, 0) is 0 Å². The van der Waals surface area contributed by atoms with Crippen molar-refractivity contribution in [2.45, 2.75) is 13.3 Å². The Labute approximate surface area is 93.4 Å². The largest absolute Gasteiger partial charge is 0.382 e. The van der Waals surface area contributed by atoms with E-state index in [0.29, 0.717) is 0 Å². The smallest absolute Gasteiger partial charge is 0.0746 e. The van der Waals surface area contributed by atoms with Gasteiger partial charge < -0.3 is 10.2 Å². The van der Waals surface area contributed by atoms with Gasteiger partial charge in [0.25, 0.3) is 0 Å². The van der Waals surface area contributed by atoms with Crippen LogP contribution >= 0.6 is 15.9 Å². The van der Waals surface area contributed by atoms with Gasteiger partial charge in [0.1, 0.15) is 0 Å². The summed E-state index contributed by atoms with van der Waals surface area (Å²) < 4.78 is 1.19. The molecule has 1 aromatic rings. The Balaban J connectivity index is 2.36. The highest BCUT2D eigenvalue weighted by molar-refractivity contribution is 9.10. The highest BCUT2D eigenvalue weighted by Gasteiger charge is 2.17. The maximum absolute atomic E-state index is 3.61. The molecule has 0 radical (unpaired) electrons. The topological polar surface area (TPSA) is 15.3 Å². The van der Waals surface area contributed by atoms with E-state index < -0.39 is 0 Å². The monoisotopic (exact) mass is 254 g/mol. The Bertz CT molecular complexity index is 325. The van der Waals surface area contributed by atoms with Crippen LogP contribution in [0, 0.1) is 0 Å². The molecule has 76 valence electrons. The molecule has 0 saturated carbocycles. The zero-order chi connectivity index (χ0) is 9.97. The minimum Gasteiger partial charge on any atom is -0.382 e. The van der Waals surface area contributed by atoms with Crippen LogP contribution in [0.25, 0.3) is 0 Å². The molecule has 1 aliphatic heterocycles. The molecule has 2 rings (SSSR count). The molecule has 0 amide bonds. The van der Waals surface area contributed by atoms with Gasteiger partial charge in [-0.25, -0.2) is 0 Å². The van der Waals surface area contributed by atoms with Gasteiger partial charge in [-0.1, -0.05) is 13.0 Å². The van der Waals surface area contributed by atoms with Crippen LogP contribution < -0.4 is 10.2 Å². The number of hydrogen-bond donors (Lipinski definition) is 1. The van der Waals surface area contributed by atoms with Crippen LogP contribution in [0.5, 0.6) is 0 Å². The molecule has 3 heteroatoms. The summed E-state index contributed by atoms with van der Waals surface area (Å²) in [5.41, 5.74) is 2.57. The predicted octanol–water partition coefficient (Wildman–Crippen LogP) is 3.09. The second-order valence-corrected chi connectivity index (χ2v) is 4.40. The first kappa shape index (κ1) is 9.84. The number of fused-ring (bicyclic) bond motifs is 1. The van der Waals surface area contributed by atoms with Crippen molar-refractivity contribution in [3.8, 4) is 0 Å². The highest BCUT2D eigenvalue weighted by atomic mass is 79.9. The number of hydrogen-bond acceptors (Lipinski definition) is 2. The highest BCUT2D eigenvalue weighted by Crippen LogP contribution is 2.35. The number of rotatable bonds is 2. The van der Waals surface area contributed by atoms with Gasteiger partial charge in [-0.15, -0.1) is 0 Å². The van der Waals surface area contributed by atoms with Crippen molar-refractivity contribution in [1.29, 1.82) is 0 Å². The van der Waals surface area contributed by atoms with Crippen molar-refractivity contribution in [2.24, 2.45) is 0 Å². The van der Waals surface area contributed by atoms with Gasteiger partial charge in [0.05, 0.1) is 11.4 Å². The van der Waals surface area contributed by atoms with Crippen LogP contribution in [0.2, 0.25) is 0 Å². The summed E-state index contributed by atoms with van der Waals surface area (Å²) in [7, 11) is 0. The SMILES string of the molecule is CCCN1CCNc2cccc(Br)c21. The molecule has 1 aliphatic rings. The average Bonchev–Trinajstić information content (AvgIpc) is 2.19. The van der Waals surface area contributed by atoms with Gasteiger partial charge in [0.15, 0.2) is 0 Å². The summed E-state index contributed by atoms with van der Waals surface area (Å²) in [5.74, 6) is 0. The van der Waals surface area contributed by atoms with Crippen molar-refractivity contribution in [3.63, 3.8) is 0 Å². The number of para-hydroxylation sites is 1. The molecule has 0 bridgehead atoms. The third kappa shape index (κ3) is 1.73. The van der Waals surface area contributed by atoms with Crippen LogP contribution in [0.3, 0.4) is 0 Å². The first-order chi connectivity index (χ1) is 6.83. The molecule has 1 aromatic carbocycles. The Morgan fingerprint density at radius 2 is 2.36 bits per heavy atom. The van der Waals surface area contributed by atoms with E-state index in [-0.39, 0.29) is 0 Å². The molecule has 0 aliphatic carbocycles. The van der Waals surface area contributed by atoms with E-state index in [4.69, 9.17) is 0 Å². The van der Waals surface area contributed by atoms with Gasteiger partial charge in [-0.3, -0.25) is 0 Å². The lowest BCUT2D eigenvalue weighted by atomic mass is 10.2. The zero-order valence-electron chi connectivity index (χ0n) is 8.39. The molecule has 1 N–H and O–H groups in total. The van der Waals surface area contributed by atoms with E-state index in [1.54, 1.807) is 0 Å². The molecule has 0 aromatic heterocycles. The lowest BCUT2D eigenvalue weighted by Crippen LogP contribution is -2.34. The summed E-state index contributed by atoms with van der Waals surface area (Å²) in [6.07, 6.45) is 1.20. The summed E-state index contributed by atoms with van der Waals surface area (Å²) in [5, 5.41) is 3.42. The van der Waals surface area contributed by atoms with Crippen molar-refractivity contribution in [2.75, 3.05) is 29.9 Å². The maximum Gasteiger partial charge on any atom is 0.0746 e. The molecule has 0 spiro atoms. The van der Waals surface area contributed by atoms with Crippen molar-refractivity contribution < 1.29 is 0 Å². The summed E-state index contributed by atoms with van der Waals surface area (Å²) in [6.45, 7) is 5.50. The standard InChI is InChI=1S/C11H15BrN2/c1-2-7-14-8-6-13-10-5-3-4-9(12)11(10)14/h3-5,13H,2,6-8H2,1H3. The van der Waals surface area contributed by atoms with Gasteiger partial charge in [-0.05, 0) is 34.5 Å². The van der Waals surface area contributed by atoms with Crippen molar-refractivity contribution in [1.82, 2.24) is 0 Å². The van der Waals surface area contributed by atoms with E-state index in [0.717, 1.165) is 19.6 Å². The van der Waals surface area contributed by atoms with Gasteiger partial charge >= 0.3 is 0 Å². The van der Waals surface area contributed by atoms with E-state index in [1.165, 1.54) is 22.3 Å². The van der Waals surface area contributed by atoms with Gasteiger partial charge in [0.2, 0.25) is 0 Å². The molecule has 0 atom stereocenters. The first-order valence-corrected chi connectivity index (χ1v) is 5.89. The van der Waals surface area contributed by atoms with E-state index in [9.17, 15) is 0 Å². The van der Waals surface area contributed by atoms with Crippen LogP contribution in [0.15, 0.2) is 22.7 Å². The van der Waals surface area contributed by atoms with Crippen LogP contribution in [-0.4, -0.2) is 19.6 Å². The van der Waals surface area contributed by atoms with Crippen molar-refractivity contribution >= 4 is 27.3 Å². The normalized spacial score (nSPS) is 14.9. The summed E-state index contributed by atoms with van der Waals surface area (Å²) >= 11 is 3.61. The third-order valence-electron chi connectivity index (χ3n) is 2.49. The number of nitrogens with one attached hydrogen (secondary N) is 1. The molecule has 14 heavy (non-hydrogen) atoms. The van der Waals surface area contributed by atoms with Gasteiger partial charge in [-0.2, -0.15) is 0 Å². The lowest BCUT2D eigenvalue weighted by molar-refractivity contribution is 0.758. The second kappa shape index (κ2) is 4.22. The fraction of sp³-hybridized carbons (Fsp3) is 0.455. The maximum atomic E-state index is 3.61. The molecule has 0 fully saturated rings. The van der Waals surface area contributed by atoms with Crippen LogP contribution in [0.4, 0.5) is 11.4 Å². The fourth-order valence-corrected chi connectivity index (χ4v) is 2.53. The molecular formula is C11H15BrN2. The number of halogens is 1. The lowest BCUT2D eigenvalue weighted by Gasteiger charge is -2.32. The van der Waals surface area contributed by atoms with E-state index in [2.05, 4.69) is 51.3 Å². The molecule has 2 nitrogen and oxygen atoms in total. The second-order valence-electron chi connectivity index (χ2n) is 3.55. The third-order valence-corrected chi connectivity index (χ3v) is 3.13. The number of anilines is 2. The van der Waals surface area contributed by atoms with Crippen LogP contribution in [0.1, 0.15) is 13.3 Å². The Morgan fingerprint density at radius 3 is 3.14 bits per heavy atom. The molecule has 0 unspecified atom stereocenters. The predicted molar refractivity (Wildman–Crippen MR) is 65.1 cm³/mol. The molecule has 1 heterocycles. The number of benzene rings is 1. The zero-order valence-corrected chi connectivity index (χ0v) is 9.97. The minimum atomic E-state index is 1.05. The summed E-state index contributed by atoms with van der Waals surface area (Å²) in [4.78, 5) is 2.44. The van der Waals surface area contributed by atoms with Crippen molar-refractivity contribution in [3.05, 3.63) is 22.7 Å². The van der Waals surface area contributed by atoms with E-state index >= 15 is 0 Å². The quantitative estimate of drug-likeness (QED) is 0.873.